The Balaban J connectivity index is 1.34. The van der Waals surface area contributed by atoms with Gasteiger partial charge in [0.1, 0.15) is 0 Å². The van der Waals surface area contributed by atoms with E-state index in [1.807, 2.05) is 0 Å². The molecule has 0 aromatic heterocycles. The predicted molar refractivity (Wildman–Crippen MR) is 202 cm³/mol. The van der Waals surface area contributed by atoms with Gasteiger partial charge in [-0.3, -0.25) is 0 Å². The maximum absolute atomic E-state index is 2.46. The van der Waals surface area contributed by atoms with Crippen molar-refractivity contribution in [1.82, 2.24) is 0 Å². The van der Waals surface area contributed by atoms with Gasteiger partial charge in [0.2, 0.25) is 0 Å². The number of rotatable bonds is 5. The molecule has 0 atom stereocenters. The Morgan fingerprint density at radius 2 is 0.809 bits per heavy atom. The van der Waals surface area contributed by atoms with Crippen LogP contribution in [-0.2, 0) is 0 Å². The Bertz CT molecular complexity index is 2560. The van der Waals surface area contributed by atoms with Gasteiger partial charge in [-0.25, -0.2) is 0 Å². The van der Waals surface area contributed by atoms with Gasteiger partial charge >= 0.3 is 0 Å². The van der Waals surface area contributed by atoms with Crippen LogP contribution in [0.1, 0.15) is 0 Å². The fourth-order valence-corrected chi connectivity index (χ4v) is 6.99. The van der Waals surface area contributed by atoms with Gasteiger partial charge in [-0.2, -0.15) is 0 Å². The second-order valence-corrected chi connectivity index (χ2v) is 12.2. The zero-order valence-corrected chi connectivity index (χ0v) is 25.8. The van der Waals surface area contributed by atoms with Crippen molar-refractivity contribution in [2.24, 2.45) is 0 Å². The number of benzene rings is 9. The first kappa shape index (κ1) is 27.2. The van der Waals surface area contributed by atoms with Gasteiger partial charge < -0.3 is 4.90 Å². The highest BCUT2D eigenvalue weighted by Gasteiger charge is 2.21. The van der Waals surface area contributed by atoms with Crippen LogP contribution in [0.25, 0.3) is 65.3 Å². The van der Waals surface area contributed by atoms with Crippen LogP contribution in [0.5, 0.6) is 0 Å². The van der Waals surface area contributed by atoms with Crippen molar-refractivity contribution < 1.29 is 0 Å². The second-order valence-electron chi connectivity index (χ2n) is 12.2. The molecule has 9 aromatic carbocycles. The summed E-state index contributed by atoms with van der Waals surface area (Å²) in [5, 5.41) is 9.84. The molecule has 9 rings (SSSR count). The molecule has 220 valence electrons. The molecule has 0 N–H and O–H groups in total. The van der Waals surface area contributed by atoms with Crippen molar-refractivity contribution in [3.05, 3.63) is 188 Å². The molecule has 0 aliphatic rings. The summed E-state index contributed by atoms with van der Waals surface area (Å²) < 4.78 is 0. The fraction of sp³-hybridized carbons (Fsp3) is 0. The molecule has 0 radical (unpaired) electrons. The third kappa shape index (κ3) is 4.90. The smallest absolute Gasteiger partial charge is 0.0546 e. The van der Waals surface area contributed by atoms with Crippen LogP contribution in [-0.4, -0.2) is 0 Å². The Hall–Kier alpha value is -6.18. The van der Waals surface area contributed by atoms with Gasteiger partial charge in [-0.1, -0.05) is 140 Å². The summed E-state index contributed by atoms with van der Waals surface area (Å²) in [5.41, 5.74) is 8.21. The van der Waals surface area contributed by atoms with Crippen molar-refractivity contribution in [1.29, 1.82) is 0 Å². The molecule has 1 nitrogen and oxygen atoms in total. The lowest BCUT2D eigenvalue weighted by Gasteiger charge is -2.30. The van der Waals surface area contributed by atoms with E-state index in [-0.39, 0.29) is 0 Å². The maximum atomic E-state index is 2.46. The zero-order valence-electron chi connectivity index (χ0n) is 25.8. The zero-order chi connectivity index (χ0) is 31.2. The molecule has 1 heteroatoms. The topological polar surface area (TPSA) is 3.24 Å². The van der Waals surface area contributed by atoms with Crippen molar-refractivity contribution in [3.63, 3.8) is 0 Å². The van der Waals surface area contributed by atoms with Crippen LogP contribution < -0.4 is 4.90 Å². The quantitative estimate of drug-likeness (QED) is 0.178. The summed E-state index contributed by atoms with van der Waals surface area (Å²) in [4.78, 5) is 2.46. The number of hydrogen-bond donors (Lipinski definition) is 0. The van der Waals surface area contributed by atoms with Crippen LogP contribution in [0, 0.1) is 0 Å². The number of nitrogens with zero attached hydrogens (tertiary/aromatic N) is 1. The number of fused-ring (bicyclic) bond motifs is 4. The fourth-order valence-electron chi connectivity index (χ4n) is 6.99. The molecule has 0 saturated carbocycles. The molecular weight excluding hydrogens is 567 g/mol. The van der Waals surface area contributed by atoms with Crippen LogP contribution in [0.2, 0.25) is 0 Å². The molecule has 0 aliphatic heterocycles. The van der Waals surface area contributed by atoms with Crippen LogP contribution in [0.4, 0.5) is 17.1 Å². The lowest BCUT2D eigenvalue weighted by Crippen LogP contribution is -2.12. The Kier molecular flexibility index (Phi) is 6.54. The van der Waals surface area contributed by atoms with Crippen molar-refractivity contribution in [2.45, 2.75) is 0 Å². The molecule has 0 bridgehead atoms. The summed E-state index contributed by atoms with van der Waals surface area (Å²) in [7, 11) is 0. The van der Waals surface area contributed by atoms with Gasteiger partial charge in [0.05, 0.1) is 11.4 Å². The summed E-state index contributed by atoms with van der Waals surface area (Å²) in [6.07, 6.45) is 0. The Labute approximate surface area is 274 Å². The largest absolute Gasteiger partial charge is 0.309 e. The van der Waals surface area contributed by atoms with E-state index < -0.39 is 0 Å². The van der Waals surface area contributed by atoms with E-state index in [1.165, 1.54) is 65.3 Å². The Morgan fingerprint density at radius 1 is 0.277 bits per heavy atom. The normalized spacial score (nSPS) is 11.4. The average Bonchev–Trinajstić information content (AvgIpc) is 3.14. The van der Waals surface area contributed by atoms with E-state index in [1.54, 1.807) is 0 Å². The van der Waals surface area contributed by atoms with E-state index in [9.17, 15) is 0 Å². The third-order valence-electron chi connectivity index (χ3n) is 9.36. The SMILES string of the molecule is c1ccc(-c2ccc(N(c3cc4ccccc4cc3-c3ccc4ccccc4c3)c3cccc4cc5ccccc5cc34)cc2)cc1. The van der Waals surface area contributed by atoms with Gasteiger partial charge in [0.25, 0.3) is 0 Å². The van der Waals surface area contributed by atoms with Gasteiger partial charge in [0.15, 0.2) is 0 Å². The Morgan fingerprint density at radius 3 is 1.53 bits per heavy atom. The highest BCUT2D eigenvalue weighted by atomic mass is 15.1. The van der Waals surface area contributed by atoms with Crippen LogP contribution in [0.3, 0.4) is 0 Å². The average molecular weight is 598 g/mol. The molecule has 47 heavy (non-hydrogen) atoms. The molecule has 0 amide bonds. The first-order chi connectivity index (χ1) is 23.3. The first-order valence-corrected chi connectivity index (χ1v) is 16.2. The van der Waals surface area contributed by atoms with Crippen LogP contribution >= 0.6 is 0 Å². The molecule has 0 heterocycles. The summed E-state index contributed by atoms with van der Waals surface area (Å²) in [6, 6.07) is 68.5. The highest BCUT2D eigenvalue weighted by molar-refractivity contribution is 6.08. The van der Waals surface area contributed by atoms with E-state index in [0.717, 1.165) is 17.1 Å². The minimum absolute atomic E-state index is 1.11. The first-order valence-electron chi connectivity index (χ1n) is 16.2. The minimum atomic E-state index is 1.11. The lowest BCUT2D eigenvalue weighted by molar-refractivity contribution is 1.30. The van der Waals surface area contributed by atoms with Crippen molar-refractivity contribution in [2.75, 3.05) is 4.90 Å². The number of hydrogen-bond acceptors (Lipinski definition) is 1. The standard InChI is InChI=1S/C46H31N/c1-2-11-32(12-3-1)34-23-25-42(26-24-34)47(45-20-10-19-40-28-36-15-6-7-16-37(36)29-43(40)45)46-31-39-18-9-8-17-38(39)30-44(46)41-22-21-33-13-4-5-14-35(33)27-41/h1-31H. The predicted octanol–water partition coefficient (Wildman–Crippen LogP) is 13.1. The molecular formula is C46H31N. The molecule has 0 spiro atoms. The summed E-state index contributed by atoms with van der Waals surface area (Å²) in [5.74, 6) is 0. The van der Waals surface area contributed by atoms with E-state index in [2.05, 4.69) is 193 Å². The van der Waals surface area contributed by atoms with Gasteiger partial charge in [-0.05, 0) is 103 Å². The maximum Gasteiger partial charge on any atom is 0.0546 e. The van der Waals surface area contributed by atoms with Gasteiger partial charge in [0, 0.05) is 16.6 Å². The van der Waals surface area contributed by atoms with Gasteiger partial charge in [-0.15, -0.1) is 0 Å². The monoisotopic (exact) mass is 597 g/mol. The third-order valence-corrected chi connectivity index (χ3v) is 9.36. The van der Waals surface area contributed by atoms with Crippen molar-refractivity contribution >= 4 is 60.2 Å². The summed E-state index contributed by atoms with van der Waals surface area (Å²) >= 11 is 0. The molecule has 0 saturated heterocycles. The van der Waals surface area contributed by atoms with Crippen molar-refractivity contribution in [3.8, 4) is 22.3 Å². The van der Waals surface area contributed by atoms with Crippen LogP contribution in [0.15, 0.2) is 188 Å². The molecule has 0 fully saturated rings. The second kappa shape index (κ2) is 11.3. The van der Waals surface area contributed by atoms with E-state index >= 15 is 0 Å². The molecule has 9 aromatic rings. The number of anilines is 3. The molecule has 0 aliphatic carbocycles. The minimum Gasteiger partial charge on any atom is -0.309 e. The van der Waals surface area contributed by atoms with E-state index in [0.29, 0.717) is 0 Å². The van der Waals surface area contributed by atoms with E-state index in [4.69, 9.17) is 0 Å². The lowest BCUT2D eigenvalue weighted by atomic mass is 9.95. The molecule has 0 unspecified atom stereocenters. The summed E-state index contributed by atoms with van der Waals surface area (Å²) in [6.45, 7) is 0. The highest BCUT2D eigenvalue weighted by Crippen LogP contribution is 2.46.